The van der Waals surface area contributed by atoms with Gasteiger partial charge in [-0.3, -0.25) is 4.79 Å². The van der Waals surface area contributed by atoms with Crippen molar-refractivity contribution in [1.29, 1.82) is 0 Å². The van der Waals surface area contributed by atoms with E-state index in [2.05, 4.69) is 25.2 Å². The Morgan fingerprint density at radius 3 is 2.54 bits per heavy atom. The summed E-state index contributed by atoms with van der Waals surface area (Å²) in [7, 11) is 0. The summed E-state index contributed by atoms with van der Waals surface area (Å²) in [6.45, 7) is 11.4. The van der Waals surface area contributed by atoms with Crippen LogP contribution in [0.5, 0.6) is 5.75 Å². The minimum absolute atomic E-state index is 0.00488. The zero-order chi connectivity index (χ0) is 26.7. The Bertz CT molecular complexity index is 1250. The van der Waals surface area contributed by atoms with Gasteiger partial charge in [0, 0.05) is 49.7 Å². The van der Waals surface area contributed by atoms with Crippen LogP contribution in [0.3, 0.4) is 0 Å². The molecular weight excluding hydrogens is 470 g/mol. The lowest BCUT2D eigenvalue weighted by atomic mass is 9.77. The molecule has 4 rings (SSSR count). The van der Waals surface area contributed by atoms with Crippen molar-refractivity contribution in [2.75, 3.05) is 29.9 Å². The minimum atomic E-state index is -0.700. The highest BCUT2D eigenvalue weighted by Gasteiger charge is 2.41. The van der Waals surface area contributed by atoms with Gasteiger partial charge in [0.2, 0.25) is 5.91 Å². The van der Waals surface area contributed by atoms with E-state index in [4.69, 9.17) is 10.5 Å². The lowest BCUT2D eigenvalue weighted by Gasteiger charge is -2.40. The fourth-order valence-electron chi connectivity index (χ4n) is 5.08. The fourth-order valence-corrected chi connectivity index (χ4v) is 5.08. The van der Waals surface area contributed by atoms with E-state index in [0.29, 0.717) is 37.4 Å². The van der Waals surface area contributed by atoms with Gasteiger partial charge in [-0.15, -0.1) is 0 Å². The van der Waals surface area contributed by atoms with Crippen LogP contribution in [-0.2, 0) is 4.79 Å². The van der Waals surface area contributed by atoms with Crippen LogP contribution < -0.4 is 20.7 Å². The lowest BCUT2D eigenvalue weighted by Crippen LogP contribution is -2.50. The van der Waals surface area contributed by atoms with Gasteiger partial charge in [0.15, 0.2) is 0 Å². The summed E-state index contributed by atoms with van der Waals surface area (Å²) in [6, 6.07) is 6.92. The molecular formula is C27H37N7O3. The Morgan fingerprint density at radius 1 is 1.19 bits per heavy atom. The molecule has 0 spiro atoms. The zero-order valence-electron chi connectivity index (χ0n) is 22.2. The van der Waals surface area contributed by atoms with Crippen LogP contribution in [-0.4, -0.2) is 63.6 Å². The van der Waals surface area contributed by atoms with Crippen molar-refractivity contribution in [3.8, 4) is 5.75 Å². The van der Waals surface area contributed by atoms with Crippen molar-refractivity contribution in [2.45, 2.75) is 59.5 Å². The highest BCUT2D eigenvalue weighted by Crippen LogP contribution is 2.36. The quantitative estimate of drug-likeness (QED) is 0.440. The van der Waals surface area contributed by atoms with Gasteiger partial charge in [-0.2, -0.15) is 0 Å². The largest absolute Gasteiger partial charge is 0.415 e. The summed E-state index contributed by atoms with van der Waals surface area (Å²) < 4.78 is 5.61. The first-order valence-electron chi connectivity index (χ1n) is 12.8. The lowest BCUT2D eigenvalue weighted by molar-refractivity contribution is -0.126. The number of carbonyl (C=O) groups is 2. The molecule has 2 amide bonds. The van der Waals surface area contributed by atoms with Gasteiger partial charge in [0.25, 0.3) is 0 Å². The summed E-state index contributed by atoms with van der Waals surface area (Å²) in [5.74, 6) is 1.12. The van der Waals surface area contributed by atoms with Crippen LogP contribution in [0.4, 0.5) is 16.3 Å². The predicted octanol–water partition coefficient (Wildman–Crippen LogP) is 4.07. The first-order valence-corrected chi connectivity index (χ1v) is 12.8. The third kappa shape index (κ3) is 5.39. The predicted molar refractivity (Wildman–Crippen MR) is 145 cm³/mol. The molecule has 198 valence electrons. The van der Waals surface area contributed by atoms with E-state index in [1.807, 2.05) is 40.8 Å². The average molecular weight is 508 g/mol. The first-order chi connectivity index (χ1) is 17.6. The molecule has 3 aromatic rings. The minimum Gasteiger partial charge on any atom is -0.410 e. The molecule has 10 heteroatoms. The fraction of sp³-hybridized carbons (Fsp3) is 0.481. The van der Waals surface area contributed by atoms with Crippen molar-refractivity contribution in [1.82, 2.24) is 19.9 Å². The van der Waals surface area contributed by atoms with Gasteiger partial charge < -0.3 is 30.6 Å². The number of H-pyrrole nitrogens is 1. The molecule has 0 atom stereocenters. The van der Waals surface area contributed by atoms with Crippen LogP contribution in [0.2, 0.25) is 0 Å². The number of aromatic amines is 1. The van der Waals surface area contributed by atoms with Crippen molar-refractivity contribution >= 4 is 34.5 Å². The monoisotopic (exact) mass is 507 g/mol. The number of rotatable bonds is 7. The average Bonchev–Trinajstić information content (AvgIpc) is 3.24. The van der Waals surface area contributed by atoms with E-state index >= 15 is 0 Å². The van der Waals surface area contributed by atoms with E-state index in [-0.39, 0.29) is 24.5 Å². The van der Waals surface area contributed by atoms with Crippen LogP contribution in [0.25, 0.3) is 11.0 Å². The molecule has 1 fully saturated rings. The van der Waals surface area contributed by atoms with Gasteiger partial charge >= 0.3 is 6.09 Å². The molecule has 10 nitrogen and oxygen atoms in total. The number of nitrogens with zero attached hydrogens (tertiary/aromatic N) is 4. The molecule has 1 saturated heterocycles. The molecule has 3 heterocycles. The molecule has 37 heavy (non-hydrogen) atoms. The molecule has 1 aliphatic heterocycles. The third-order valence-corrected chi connectivity index (χ3v) is 7.16. The van der Waals surface area contributed by atoms with E-state index in [9.17, 15) is 9.59 Å². The molecule has 0 unspecified atom stereocenters. The molecule has 1 aromatic carbocycles. The number of anilines is 2. The van der Waals surface area contributed by atoms with Gasteiger partial charge in [0.1, 0.15) is 23.5 Å². The third-order valence-electron chi connectivity index (χ3n) is 7.16. The summed E-state index contributed by atoms with van der Waals surface area (Å²) in [6.07, 6.45) is 4.26. The topological polar surface area (TPSA) is 129 Å². The molecule has 4 N–H and O–H groups in total. The maximum atomic E-state index is 13.5. The summed E-state index contributed by atoms with van der Waals surface area (Å²) in [4.78, 5) is 42.0. The number of nitrogens with one attached hydrogen (secondary N) is 2. The van der Waals surface area contributed by atoms with Gasteiger partial charge in [-0.1, -0.05) is 6.07 Å². The second kappa shape index (κ2) is 10.8. The molecule has 0 aliphatic carbocycles. The highest BCUT2D eigenvalue weighted by molar-refractivity contribution is 5.96. The molecule has 0 saturated carbocycles. The maximum Gasteiger partial charge on any atom is 0.415 e. The Balaban J connectivity index is 1.44. The second-order valence-electron chi connectivity index (χ2n) is 10.3. The number of ether oxygens (including phenoxy) is 1. The Labute approximate surface area is 217 Å². The summed E-state index contributed by atoms with van der Waals surface area (Å²) in [5, 5.41) is 4.01. The smallest absolute Gasteiger partial charge is 0.410 e. The van der Waals surface area contributed by atoms with Crippen molar-refractivity contribution < 1.29 is 14.3 Å². The number of carbonyl (C=O) groups excluding carboxylic acids is 2. The first kappa shape index (κ1) is 26.4. The van der Waals surface area contributed by atoms with Crippen molar-refractivity contribution in [3.63, 3.8) is 0 Å². The molecule has 0 bridgehead atoms. The highest BCUT2D eigenvalue weighted by atomic mass is 16.6. The van der Waals surface area contributed by atoms with Crippen LogP contribution >= 0.6 is 0 Å². The van der Waals surface area contributed by atoms with Crippen LogP contribution in [0, 0.1) is 12.3 Å². The summed E-state index contributed by atoms with van der Waals surface area (Å²) >= 11 is 0. The number of fused-ring (bicyclic) bond motifs is 1. The number of hydrogen-bond donors (Lipinski definition) is 3. The number of amides is 2. The zero-order valence-corrected chi connectivity index (χ0v) is 22.2. The Hall–Kier alpha value is -3.66. The number of piperidine rings is 1. The van der Waals surface area contributed by atoms with Crippen LogP contribution in [0.15, 0.2) is 36.8 Å². The van der Waals surface area contributed by atoms with E-state index in [0.717, 1.165) is 22.4 Å². The molecule has 0 radical (unpaired) electrons. The summed E-state index contributed by atoms with van der Waals surface area (Å²) in [5.41, 5.74) is 7.93. The van der Waals surface area contributed by atoms with Crippen LogP contribution in [0.1, 0.15) is 46.1 Å². The normalized spacial score (nSPS) is 15.3. The SMILES string of the molecule is Cc1c[nH]c2ncnc(N3CCC(CN)(C(=O)Nc4cccc(OC(=O)N(C(C)C)C(C)C)c4)CC3)c12. The van der Waals surface area contributed by atoms with E-state index < -0.39 is 11.5 Å². The van der Waals surface area contributed by atoms with Crippen molar-refractivity contribution in [3.05, 3.63) is 42.4 Å². The molecule has 2 aromatic heterocycles. The number of aryl methyl sites for hydroxylation is 1. The van der Waals surface area contributed by atoms with Gasteiger partial charge in [-0.05, 0) is 65.2 Å². The maximum absolute atomic E-state index is 13.5. The standard InChI is InChI=1S/C27H37N7O3/c1-17(2)34(18(3)4)26(36)37-21-8-6-7-20(13-21)32-25(35)27(15-28)9-11-33(12-10-27)24-22-19(5)14-29-23(22)30-16-31-24/h6-8,13-14,16-18H,9-12,15,28H2,1-5H3,(H,32,35)(H,29,30,31). The Kier molecular flexibility index (Phi) is 7.68. The van der Waals surface area contributed by atoms with Crippen molar-refractivity contribution in [2.24, 2.45) is 11.1 Å². The van der Waals surface area contributed by atoms with E-state index in [1.165, 1.54) is 0 Å². The number of benzene rings is 1. The second-order valence-corrected chi connectivity index (χ2v) is 10.3. The Morgan fingerprint density at radius 2 is 1.89 bits per heavy atom. The van der Waals surface area contributed by atoms with Gasteiger partial charge in [-0.25, -0.2) is 14.8 Å². The molecule has 1 aliphatic rings. The number of nitrogens with two attached hydrogens (primary N) is 1. The number of hydrogen-bond acceptors (Lipinski definition) is 7. The number of aromatic nitrogens is 3. The van der Waals surface area contributed by atoms with E-state index in [1.54, 1.807) is 35.5 Å². The van der Waals surface area contributed by atoms with Gasteiger partial charge in [0.05, 0.1) is 10.8 Å².